The van der Waals surface area contributed by atoms with Crippen molar-refractivity contribution in [2.75, 3.05) is 0 Å². The van der Waals surface area contributed by atoms with Gasteiger partial charge >= 0.3 is 35.7 Å². The molecule has 1 heterocycles. The van der Waals surface area contributed by atoms with E-state index in [0.29, 0.717) is 0 Å². The minimum absolute atomic E-state index is 0. The second-order valence-corrected chi connectivity index (χ2v) is 4.07. The van der Waals surface area contributed by atoms with Crippen LogP contribution in [0.1, 0.15) is 14.5 Å². The predicted molar refractivity (Wildman–Crippen MR) is 47.5 cm³/mol. The second kappa shape index (κ2) is 5.86. The van der Waals surface area contributed by atoms with Gasteiger partial charge in [-0.15, -0.1) is 11.3 Å². The first-order valence-corrected chi connectivity index (χ1v) is 4.69. The number of hydrogen-bond donors (Lipinski definition) is 0. The molecule has 0 N–H and O–H groups in total. The molecule has 2 nitrogen and oxygen atoms in total. The monoisotopic (exact) mass is 258 g/mol. The summed E-state index contributed by atoms with van der Waals surface area (Å²) in [6, 6.07) is 2.99. The number of halogens is 3. The molecule has 0 aliphatic heterocycles. The van der Waals surface area contributed by atoms with Gasteiger partial charge < -0.3 is 5.11 Å². The third kappa shape index (κ3) is 4.29. The minimum Gasteiger partial charge on any atom is -0.869 e. The van der Waals surface area contributed by atoms with Crippen molar-refractivity contribution in [3.8, 4) is 0 Å². The van der Waals surface area contributed by atoms with Crippen LogP contribution in [0.4, 0.5) is 13.2 Å². The fraction of sp³-hybridized carbons (Fsp3) is 0.222. The standard InChI is InChI=1S/C9H7F3O2S.Na/c1-5-2-3-7(15-5)6(13)4-8(14)9(10,11)12;/h2-4,14H,1H3;/q;+1/p-1. The molecule has 0 amide bonds. The van der Waals surface area contributed by atoms with Gasteiger partial charge in [0, 0.05) is 4.88 Å². The number of alkyl halides is 3. The Hall–Kier alpha value is -0.300. The molecular formula is C9H6F3NaO2S. The molecule has 0 aliphatic carbocycles. The van der Waals surface area contributed by atoms with Crippen LogP contribution < -0.4 is 34.7 Å². The molecule has 0 unspecified atom stereocenters. The summed E-state index contributed by atoms with van der Waals surface area (Å²) in [6.45, 7) is 1.72. The van der Waals surface area contributed by atoms with Crippen LogP contribution in [0, 0.1) is 6.92 Å². The Balaban J connectivity index is 0.00000225. The van der Waals surface area contributed by atoms with Crippen LogP contribution in [0.15, 0.2) is 24.0 Å². The summed E-state index contributed by atoms with van der Waals surface area (Å²) in [7, 11) is 0. The van der Waals surface area contributed by atoms with E-state index < -0.39 is 17.7 Å². The van der Waals surface area contributed by atoms with E-state index in [1.54, 1.807) is 13.0 Å². The van der Waals surface area contributed by atoms with E-state index >= 15 is 0 Å². The number of carbonyl (C=O) groups excluding carboxylic acids is 1. The maximum atomic E-state index is 11.8. The van der Waals surface area contributed by atoms with Gasteiger partial charge in [-0.3, -0.25) is 4.79 Å². The van der Waals surface area contributed by atoms with Gasteiger partial charge in [0.2, 0.25) is 0 Å². The first-order valence-electron chi connectivity index (χ1n) is 3.87. The van der Waals surface area contributed by atoms with Gasteiger partial charge in [-0.2, -0.15) is 13.2 Å². The van der Waals surface area contributed by atoms with Crippen molar-refractivity contribution in [3.05, 3.63) is 33.7 Å². The Labute approximate surface area is 116 Å². The molecule has 7 heteroatoms. The maximum Gasteiger partial charge on any atom is 1.00 e. The van der Waals surface area contributed by atoms with Crippen LogP contribution in [-0.2, 0) is 0 Å². The number of ketones is 1. The second-order valence-electron chi connectivity index (χ2n) is 2.78. The van der Waals surface area contributed by atoms with Crippen LogP contribution >= 0.6 is 11.3 Å². The fourth-order valence-electron chi connectivity index (χ4n) is 0.839. The molecule has 1 aromatic heterocycles. The molecule has 0 spiro atoms. The van der Waals surface area contributed by atoms with Gasteiger partial charge in [0.1, 0.15) is 0 Å². The zero-order valence-electron chi connectivity index (χ0n) is 8.59. The van der Waals surface area contributed by atoms with Crippen LogP contribution in [0.2, 0.25) is 0 Å². The molecule has 0 fully saturated rings. The Kier molecular flexibility index (Phi) is 5.75. The molecule has 82 valence electrons. The van der Waals surface area contributed by atoms with Crippen LogP contribution in [0.5, 0.6) is 0 Å². The van der Waals surface area contributed by atoms with E-state index in [4.69, 9.17) is 0 Å². The minimum atomic E-state index is -4.98. The van der Waals surface area contributed by atoms with Crippen molar-refractivity contribution in [1.82, 2.24) is 0 Å². The Bertz CT molecular complexity index is 409. The summed E-state index contributed by atoms with van der Waals surface area (Å²) in [5.41, 5.74) is 0. The predicted octanol–water partition coefficient (Wildman–Crippen LogP) is -0.950. The van der Waals surface area contributed by atoms with Gasteiger partial charge in [-0.05, 0) is 30.9 Å². The normalized spacial score (nSPS) is 12.1. The molecule has 0 saturated carbocycles. The maximum absolute atomic E-state index is 11.8. The van der Waals surface area contributed by atoms with E-state index in [2.05, 4.69) is 0 Å². The van der Waals surface area contributed by atoms with E-state index in [1.807, 2.05) is 0 Å². The number of hydrogen-bond acceptors (Lipinski definition) is 3. The molecule has 0 bridgehead atoms. The molecule has 0 aromatic carbocycles. The summed E-state index contributed by atoms with van der Waals surface area (Å²) in [6.07, 6.45) is -4.91. The zero-order chi connectivity index (χ0) is 11.6. The van der Waals surface area contributed by atoms with E-state index in [9.17, 15) is 23.1 Å². The van der Waals surface area contributed by atoms with Gasteiger partial charge in [0.15, 0.2) is 5.78 Å². The Morgan fingerprint density at radius 3 is 2.38 bits per heavy atom. The van der Waals surface area contributed by atoms with Crippen LogP contribution in [0.25, 0.3) is 0 Å². The molecule has 16 heavy (non-hydrogen) atoms. The van der Waals surface area contributed by atoms with Crippen molar-refractivity contribution in [2.45, 2.75) is 13.1 Å². The Morgan fingerprint density at radius 2 is 2.00 bits per heavy atom. The van der Waals surface area contributed by atoms with Gasteiger partial charge in [0.05, 0.1) is 4.88 Å². The van der Waals surface area contributed by atoms with Crippen LogP contribution in [0.3, 0.4) is 0 Å². The van der Waals surface area contributed by atoms with Gasteiger partial charge in [-0.25, -0.2) is 0 Å². The van der Waals surface area contributed by atoms with Crippen molar-refractivity contribution in [1.29, 1.82) is 0 Å². The molecule has 0 saturated heterocycles. The summed E-state index contributed by atoms with van der Waals surface area (Å²) < 4.78 is 35.4. The molecule has 1 rings (SSSR count). The molecular weight excluding hydrogens is 252 g/mol. The van der Waals surface area contributed by atoms with Gasteiger partial charge in [-0.1, -0.05) is 0 Å². The number of aryl methyl sites for hydroxylation is 1. The van der Waals surface area contributed by atoms with E-state index in [-0.39, 0.29) is 40.5 Å². The quantitative estimate of drug-likeness (QED) is 0.297. The smallest absolute Gasteiger partial charge is 0.869 e. The summed E-state index contributed by atoms with van der Waals surface area (Å²) >= 11 is 1.05. The number of rotatable bonds is 2. The first-order chi connectivity index (χ1) is 6.80. The Morgan fingerprint density at radius 1 is 1.44 bits per heavy atom. The SMILES string of the molecule is Cc1ccc(C(=O)C=C([O-])C(F)(F)F)s1.[Na+]. The molecule has 0 atom stereocenters. The first kappa shape index (κ1) is 15.7. The molecule has 0 radical (unpaired) electrons. The third-order valence-corrected chi connectivity index (χ3v) is 2.54. The number of thiophene rings is 1. The summed E-state index contributed by atoms with van der Waals surface area (Å²) in [5.74, 6) is -3.03. The topological polar surface area (TPSA) is 40.1 Å². The van der Waals surface area contributed by atoms with E-state index in [1.165, 1.54) is 6.07 Å². The van der Waals surface area contributed by atoms with Crippen molar-refractivity contribution in [3.63, 3.8) is 0 Å². The molecule has 1 aromatic rings. The van der Waals surface area contributed by atoms with Gasteiger partial charge in [0.25, 0.3) is 0 Å². The summed E-state index contributed by atoms with van der Waals surface area (Å²) in [5, 5.41) is 10.5. The van der Waals surface area contributed by atoms with Crippen LogP contribution in [-0.4, -0.2) is 12.0 Å². The van der Waals surface area contributed by atoms with Crippen molar-refractivity contribution < 1.29 is 52.6 Å². The number of carbonyl (C=O) groups is 1. The number of allylic oxidation sites excluding steroid dienone is 2. The fourth-order valence-corrected chi connectivity index (χ4v) is 1.62. The summed E-state index contributed by atoms with van der Waals surface area (Å²) in [4.78, 5) is 12.1. The average Bonchev–Trinajstić information content (AvgIpc) is 2.50. The molecule has 0 aliphatic rings. The third-order valence-electron chi connectivity index (χ3n) is 1.52. The average molecular weight is 258 g/mol. The van der Waals surface area contributed by atoms with Crippen molar-refractivity contribution >= 4 is 17.1 Å². The van der Waals surface area contributed by atoms with Crippen molar-refractivity contribution in [2.24, 2.45) is 0 Å². The van der Waals surface area contributed by atoms with E-state index in [0.717, 1.165) is 16.2 Å². The largest absolute Gasteiger partial charge is 1.00 e. The zero-order valence-corrected chi connectivity index (χ0v) is 11.4.